The molecule has 80 valence electrons. The molecule has 1 rings (SSSR count). The van der Waals surface area contributed by atoms with E-state index in [2.05, 4.69) is 21.7 Å². The number of nitrogens with one attached hydrogen (secondary N) is 2. The van der Waals surface area contributed by atoms with Gasteiger partial charge in [0.15, 0.2) is 0 Å². The van der Waals surface area contributed by atoms with Gasteiger partial charge in [-0.3, -0.25) is 15.4 Å². The van der Waals surface area contributed by atoms with Gasteiger partial charge in [-0.15, -0.1) is 6.42 Å². The van der Waals surface area contributed by atoms with E-state index in [4.69, 9.17) is 10.9 Å². The Morgan fingerprint density at radius 1 is 1.60 bits per heavy atom. The zero-order chi connectivity index (χ0) is 11.3. The Kier molecular flexibility index (Phi) is 3.89. The minimum Gasteiger partial charge on any atom is -0.338 e. The summed E-state index contributed by atoms with van der Waals surface area (Å²) in [5.74, 6) is 2.56. The second-order valence-corrected chi connectivity index (χ2v) is 3.08. The third-order valence-electron chi connectivity index (χ3n) is 1.92. The van der Waals surface area contributed by atoms with E-state index in [1.807, 2.05) is 13.8 Å². The van der Waals surface area contributed by atoms with Gasteiger partial charge < -0.3 is 4.52 Å². The van der Waals surface area contributed by atoms with Crippen LogP contribution in [-0.4, -0.2) is 24.2 Å². The van der Waals surface area contributed by atoms with Crippen molar-refractivity contribution in [3.05, 3.63) is 11.3 Å². The fourth-order valence-electron chi connectivity index (χ4n) is 0.951. The Bertz CT molecular complexity index is 390. The quantitative estimate of drug-likeness (QED) is 0.555. The van der Waals surface area contributed by atoms with Crippen LogP contribution in [0.15, 0.2) is 4.52 Å². The maximum Gasteiger partial charge on any atom is 0.240 e. The van der Waals surface area contributed by atoms with E-state index >= 15 is 0 Å². The molecule has 0 aliphatic carbocycles. The van der Waals surface area contributed by atoms with E-state index in [0.717, 1.165) is 11.3 Å². The number of hydrogen-bond acceptors (Lipinski definition) is 4. The standard InChI is InChI=1S/C10H13N3O2/c1-4-5-11-6-9(14)12-10-7(2)8(3)13-15-10/h1,11H,5-6H2,2-3H3,(H,12,14). The van der Waals surface area contributed by atoms with Gasteiger partial charge in [-0.2, -0.15) is 0 Å². The highest BCUT2D eigenvalue weighted by molar-refractivity contribution is 5.91. The smallest absolute Gasteiger partial charge is 0.240 e. The van der Waals surface area contributed by atoms with Gasteiger partial charge in [-0.25, -0.2) is 0 Å². The number of anilines is 1. The Morgan fingerprint density at radius 2 is 2.33 bits per heavy atom. The SMILES string of the molecule is C#CCNCC(=O)Nc1onc(C)c1C. The van der Waals surface area contributed by atoms with Crippen LogP contribution in [0.2, 0.25) is 0 Å². The van der Waals surface area contributed by atoms with Gasteiger partial charge in [0.2, 0.25) is 11.8 Å². The van der Waals surface area contributed by atoms with Gasteiger partial charge in [-0.1, -0.05) is 11.1 Å². The predicted molar refractivity (Wildman–Crippen MR) is 56.3 cm³/mol. The number of rotatable bonds is 4. The molecule has 0 fully saturated rings. The molecule has 0 atom stereocenters. The highest BCUT2D eigenvalue weighted by atomic mass is 16.5. The minimum absolute atomic E-state index is 0.156. The third kappa shape index (κ3) is 3.11. The molecule has 1 heterocycles. The molecule has 15 heavy (non-hydrogen) atoms. The van der Waals surface area contributed by atoms with Crippen molar-refractivity contribution in [3.63, 3.8) is 0 Å². The largest absolute Gasteiger partial charge is 0.338 e. The first-order chi connectivity index (χ1) is 7.15. The molecule has 0 saturated carbocycles. The molecule has 2 N–H and O–H groups in total. The van der Waals surface area contributed by atoms with Gasteiger partial charge in [0.1, 0.15) is 0 Å². The van der Waals surface area contributed by atoms with Crippen molar-refractivity contribution in [2.45, 2.75) is 13.8 Å². The van der Waals surface area contributed by atoms with Crippen LogP contribution >= 0.6 is 0 Å². The molecule has 0 aromatic carbocycles. The van der Waals surface area contributed by atoms with Gasteiger partial charge in [0.05, 0.1) is 18.8 Å². The molecule has 0 saturated heterocycles. The maximum atomic E-state index is 11.3. The van der Waals surface area contributed by atoms with Crippen LogP contribution < -0.4 is 10.6 Å². The molecular formula is C10H13N3O2. The first-order valence-corrected chi connectivity index (χ1v) is 4.52. The number of nitrogens with zero attached hydrogens (tertiary/aromatic N) is 1. The summed E-state index contributed by atoms with van der Waals surface area (Å²) in [7, 11) is 0. The summed E-state index contributed by atoms with van der Waals surface area (Å²) in [4.78, 5) is 11.3. The third-order valence-corrected chi connectivity index (χ3v) is 1.92. The van der Waals surface area contributed by atoms with Crippen molar-refractivity contribution >= 4 is 11.8 Å². The highest BCUT2D eigenvalue weighted by Gasteiger charge is 2.10. The molecule has 0 spiro atoms. The normalized spacial score (nSPS) is 9.67. The van der Waals surface area contributed by atoms with Gasteiger partial charge in [-0.05, 0) is 13.8 Å². The monoisotopic (exact) mass is 207 g/mol. The fourth-order valence-corrected chi connectivity index (χ4v) is 0.951. The molecule has 0 unspecified atom stereocenters. The van der Waals surface area contributed by atoms with Gasteiger partial charge in [0, 0.05) is 5.56 Å². The topological polar surface area (TPSA) is 67.2 Å². The lowest BCUT2D eigenvalue weighted by Crippen LogP contribution is -2.28. The number of amides is 1. The molecular weight excluding hydrogens is 194 g/mol. The van der Waals surface area contributed by atoms with Crippen LogP contribution in [-0.2, 0) is 4.79 Å². The van der Waals surface area contributed by atoms with Gasteiger partial charge in [0.25, 0.3) is 0 Å². The summed E-state index contributed by atoms with van der Waals surface area (Å²) < 4.78 is 4.92. The number of carbonyl (C=O) groups excluding carboxylic acids is 1. The molecule has 1 aromatic heterocycles. The van der Waals surface area contributed by atoms with Crippen molar-refractivity contribution in [1.29, 1.82) is 0 Å². The van der Waals surface area contributed by atoms with Crippen molar-refractivity contribution in [2.24, 2.45) is 0 Å². The number of carbonyl (C=O) groups is 1. The van der Waals surface area contributed by atoms with E-state index in [0.29, 0.717) is 12.4 Å². The summed E-state index contributed by atoms with van der Waals surface area (Å²) in [6.45, 7) is 4.16. The van der Waals surface area contributed by atoms with Crippen LogP contribution in [0.1, 0.15) is 11.3 Å². The molecule has 5 heteroatoms. The average Bonchev–Trinajstić information content (AvgIpc) is 2.50. The first-order valence-electron chi connectivity index (χ1n) is 4.52. The summed E-state index contributed by atoms with van der Waals surface area (Å²) in [6, 6.07) is 0. The van der Waals surface area contributed by atoms with E-state index in [1.54, 1.807) is 0 Å². The zero-order valence-corrected chi connectivity index (χ0v) is 8.76. The lowest BCUT2D eigenvalue weighted by atomic mass is 10.3. The highest BCUT2D eigenvalue weighted by Crippen LogP contribution is 2.16. The summed E-state index contributed by atoms with van der Waals surface area (Å²) >= 11 is 0. The number of hydrogen-bond donors (Lipinski definition) is 2. The minimum atomic E-state index is -0.204. The van der Waals surface area contributed by atoms with Crippen molar-refractivity contribution in [1.82, 2.24) is 10.5 Å². The van der Waals surface area contributed by atoms with Crippen LogP contribution in [0.25, 0.3) is 0 Å². The molecule has 0 radical (unpaired) electrons. The Morgan fingerprint density at radius 3 is 2.87 bits per heavy atom. The second kappa shape index (κ2) is 5.17. The Hall–Kier alpha value is -1.80. The maximum absolute atomic E-state index is 11.3. The summed E-state index contributed by atoms with van der Waals surface area (Å²) in [5, 5.41) is 9.09. The molecule has 0 aliphatic heterocycles. The van der Waals surface area contributed by atoms with Crippen LogP contribution in [0.5, 0.6) is 0 Å². The van der Waals surface area contributed by atoms with E-state index in [9.17, 15) is 4.79 Å². The number of terminal acetylenes is 1. The van der Waals surface area contributed by atoms with Crippen LogP contribution in [0.3, 0.4) is 0 Å². The van der Waals surface area contributed by atoms with E-state index in [1.165, 1.54) is 0 Å². The first kappa shape index (κ1) is 11.3. The Balaban J connectivity index is 2.45. The molecule has 1 amide bonds. The lowest BCUT2D eigenvalue weighted by Gasteiger charge is -2.01. The molecule has 1 aromatic rings. The molecule has 0 aliphatic rings. The number of aryl methyl sites for hydroxylation is 1. The fraction of sp³-hybridized carbons (Fsp3) is 0.400. The van der Waals surface area contributed by atoms with Crippen molar-refractivity contribution in [2.75, 3.05) is 18.4 Å². The Labute approximate surface area is 88.2 Å². The van der Waals surface area contributed by atoms with E-state index < -0.39 is 0 Å². The summed E-state index contributed by atoms with van der Waals surface area (Å²) in [6.07, 6.45) is 5.02. The van der Waals surface area contributed by atoms with Crippen LogP contribution in [0.4, 0.5) is 5.88 Å². The van der Waals surface area contributed by atoms with Crippen molar-refractivity contribution in [3.8, 4) is 12.3 Å². The molecule has 0 bridgehead atoms. The predicted octanol–water partition coefficient (Wildman–Crippen LogP) is 0.453. The molecule has 5 nitrogen and oxygen atoms in total. The second-order valence-electron chi connectivity index (χ2n) is 3.08. The zero-order valence-electron chi connectivity index (χ0n) is 8.76. The number of aromatic nitrogens is 1. The lowest BCUT2D eigenvalue weighted by molar-refractivity contribution is -0.115. The average molecular weight is 207 g/mol. The van der Waals surface area contributed by atoms with Crippen LogP contribution in [0, 0.1) is 26.2 Å². The summed E-state index contributed by atoms with van der Waals surface area (Å²) in [5.41, 5.74) is 1.60. The van der Waals surface area contributed by atoms with Crippen molar-refractivity contribution < 1.29 is 9.32 Å². The van der Waals surface area contributed by atoms with Gasteiger partial charge >= 0.3 is 0 Å². The van der Waals surface area contributed by atoms with E-state index in [-0.39, 0.29) is 12.5 Å².